The van der Waals surface area contributed by atoms with Gasteiger partial charge >= 0.3 is 5.97 Å². The van der Waals surface area contributed by atoms with E-state index in [-0.39, 0.29) is 0 Å². The number of aromatic nitrogens is 2. The second kappa shape index (κ2) is 12.1. The number of nitrogens with zero attached hydrogens (tertiary/aromatic N) is 5. The maximum absolute atomic E-state index is 12.3. The smallest absolute Gasteiger partial charge is 0.353 e. The number of hydrogen-bond donors (Lipinski definition) is 1. The van der Waals surface area contributed by atoms with Gasteiger partial charge in [0.2, 0.25) is 5.95 Å². The lowest BCUT2D eigenvalue weighted by molar-refractivity contribution is 0.0735. The highest BCUT2D eigenvalue weighted by Gasteiger charge is 2.19. The van der Waals surface area contributed by atoms with Crippen LogP contribution in [-0.2, 0) is 0 Å². The molecule has 0 spiro atoms. The molecule has 0 atom stereocenters. The molecule has 2 aliphatic heterocycles. The molecule has 2 aromatic heterocycles. The predicted molar refractivity (Wildman–Crippen MR) is 148 cm³/mol. The summed E-state index contributed by atoms with van der Waals surface area (Å²) in [7, 11) is 1.54. The second-order valence-electron chi connectivity index (χ2n) is 9.15. The van der Waals surface area contributed by atoms with E-state index in [2.05, 4.69) is 20.3 Å². The van der Waals surface area contributed by atoms with Crippen LogP contribution >= 0.6 is 11.3 Å². The highest BCUT2D eigenvalue weighted by atomic mass is 32.1. The van der Waals surface area contributed by atoms with Crippen LogP contribution in [0, 0.1) is 0 Å². The first kappa shape index (κ1) is 25.0. The lowest BCUT2D eigenvalue weighted by Gasteiger charge is -2.31. The van der Waals surface area contributed by atoms with Crippen LogP contribution < -0.4 is 24.7 Å². The van der Waals surface area contributed by atoms with Crippen molar-refractivity contribution in [3.63, 3.8) is 0 Å². The van der Waals surface area contributed by atoms with Crippen LogP contribution in [0.1, 0.15) is 53.8 Å². The van der Waals surface area contributed by atoms with E-state index in [4.69, 9.17) is 19.4 Å². The first-order chi connectivity index (χ1) is 18.2. The van der Waals surface area contributed by atoms with Crippen molar-refractivity contribution >= 4 is 41.1 Å². The van der Waals surface area contributed by atoms with Crippen LogP contribution in [0.3, 0.4) is 0 Å². The van der Waals surface area contributed by atoms with Gasteiger partial charge in [-0.3, -0.25) is 5.43 Å². The minimum absolute atomic E-state index is 0.360. The van der Waals surface area contributed by atoms with E-state index < -0.39 is 5.97 Å². The van der Waals surface area contributed by atoms with Gasteiger partial charge in [0.25, 0.3) is 0 Å². The summed E-state index contributed by atoms with van der Waals surface area (Å²) in [5.74, 6) is 2.79. The third-order valence-electron chi connectivity index (χ3n) is 6.53. The molecule has 0 amide bonds. The number of esters is 1. The fraction of sp³-hybridized carbons (Fsp3) is 0.407. The lowest BCUT2D eigenvalue weighted by Crippen LogP contribution is -2.33. The number of ether oxygens (including phenoxy) is 2. The van der Waals surface area contributed by atoms with Crippen LogP contribution in [-0.4, -0.2) is 55.4 Å². The topological polar surface area (TPSA) is 92.2 Å². The monoisotopic (exact) mass is 520 g/mol. The zero-order valence-corrected chi connectivity index (χ0v) is 21.9. The molecule has 194 valence electrons. The molecule has 0 unspecified atom stereocenters. The van der Waals surface area contributed by atoms with Crippen LogP contribution in [0.15, 0.2) is 46.9 Å². The summed E-state index contributed by atoms with van der Waals surface area (Å²) in [6.45, 7) is 4.00. The number of rotatable bonds is 8. The summed E-state index contributed by atoms with van der Waals surface area (Å²) >= 11 is 1.33. The van der Waals surface area contributed by atoms with E-state index >= 15 is 0 Å². The van der Waals surface area contributed by atoms with Gasteiger partial charge in [-0.2, -0.15) is 15.1 Å². The molecule has 9 nitrogen and oxygen atoms in total. The van der Waals surface area contributed by atoms with E-state index in [0.717, 1.165) is 43.5 Å². The Hall–Kier alpha value is -3.66. The Balaban J connectivity index is 1.31. The third-order valence-corrected chi connectivity index (χ3v) is 7.38. The largest absolute Gasteiger partial charge is 0.493 e. The Bertz CT molecular complexity index is 1180. The molecular formula is C27H32N6O3S. The average molecular weight is 521 g/mol. The molecular weight excluding hydrogens is 488 g/mol. The number of carbonyl (C=O) groups is 1. The normalized spacial score (nSPS) is 16.1. The fourth-order valence-electron chi connectivity index (χ4n) is 4.57. The van der Waals surface area contributed by atoms with E-state index in [1.165, 1.54) is 49.9 Å². The number of piperidine rings is 2. The van der Waals surface area contributed by atoms with E-state index in [1.54, 1.807) is 31.5 Å². The first-order valence-electron chi connectivity index (χ1n) is 12.8. The number of methoxy groups -OCH3 is 1. The highest BCUT2D eigenvalue weighted by Crippen LogP contribution is 2.29. The quantitative estimate of drug-likeness (QED) is 0.188. The SMILES string of the molecule is COc1cc(/C=N\Nc2cc(N3CCCCC3)nc(N3CCCCC3)n2)ccc1OC(=O)c1cccs1. The predicted octanol–water partition coefficient (Wildman–Crippen LogP) is 5.19. The van der Waals surface area contributed by atoms with Crippen LogP contribution in [0.4, 0.5) is 17.6 Å². The van der Waals surface area contributed by atoms with Gasteiger partial charge in [0, 0.05) is 32.2 Å². The minimum Gasteiger partial charge on any atom is -0.493 e. The number of hydrogen-bond acceptors (Lipinski definition) is 10. The van der Waals surface area contributed by atoms with Gasteiger partial charge in [0.05, 0.1) is 13.3 Å². The van der Waals surface area contributed by atoms with Crippen molar-refractivity contribution in [1.82, 2.24) is 9.97 Å². The highest BCUT2D eigenvalue weighted by molar-refractivity contribution is 7.12. The first-order valence-corrected chi connectivity index (χ1v) is 13.7. The van der Waals surface area contributed by atoms with Crippen molar-refractivity contribution < 1.29 is 14.3 Å². The van der Waals surface area contributed by atoms with Crippen LogP contribution in [0.2, 0.25) is 0 Å². The van der Waals surface area contributed by atoms with Gasteiger partial charge in [0.1, 0.15) is 10.7 Å². The third kappa shape index (κ3) is 6.37. The summed E-state index contributed by atoms with van der Waals surface area (Å²) in [6, 6.07) is 10.8. The van der Waals surface area contributed by atoms with Gasteiger partial charge in [0.15, 0.2) is 17.3 Å². The summed E-state index contributed by atoms with van der Waals surface area (Å²) in [5.41, 5.74) is 3.89. The molecule has 4 heterocycles. The molecule has 1 aromatic carbocycles. The zero-order valence-electron chi connectivity index (χ0n) is 21.1. The Morgan fingerprint density at radius 3 is 2.43 bits per heavy atom. The number of carbonyl (C=O) groups excluding carboxylic acids is 1. The van der Waals surface area contributed by atoms with Gasteiger partial charge in [-0.25, -0.2) is 4.79 Å². The van der Waals surface area contributed by atoms with Gasteiger partial charge in [-0.15, -0.1) is 11.3 Å². The second-order valence-corrected chi connectivity index (χ2v) is 10.1. The average Bonchev–Trinajstić information content (AvgIpc) is 3.50. The maximum Gasteiger partial charge on any atom is 0.353 e. The molecule has 0 bridgehead atoms. The molecule has 5 rings (SSSR count). The van der Waals surface area contributed by atoms with Crippen LogP contribution in [0.25, 0.3) is 0 Å². The molecule has 0 radical (unpaired) electrons. The number of anilines is 3. The Morgan fingerprint density at radius 1 is 0.973 bits per heavy atom. The summed E-state index contributed by atoms with van der Waals surface area (Å²) in [4.78, 5) is 27.2. The maximum atomic E-state index is 12.3. The van der Waals surface area contributed by atoms with Crippen LogP contribution in [0.5, 0.6) is 11.5 Å². The Morgan fingerprint density at radius 2 is 1.73 bits per heavy atom. The Labute approximate surface area is 221 Å². The van der Waals surface area contributed by atoms with Crippen molar-refractivity contribution in [2.24, 2.45) is 5.10 Å². The van der Waals surface area contributed by atoms with Crippen molar-refractivity contribution in [2.45, 2.75) is 38.5 Å². The van der Waals surface area contributed by atoms with Gasteiger partial charge < -0.3 is 19.3 Å². The lowest BCUT2D eigenvalue weighted by atomic mass is 10.1. The molecule has 37 heavy (non-hydrogen) atoms. The van der Waals surface area contributed by atoms with Gasteiger partial charge in [-0.05, 0) is 73.7 Å². The Kier molecular flexibility index (Phi) is 8.15. The molecule has 1 N–H and O–H groups in total. The number of benzene rings is 1. The minimum atomic E-state index is -0.408. The van der Waals surface area contributed by atoms with E-state index in [1.807, 2.05) is 23.6 Å². The van der Waals surface area contributed by atoms with Gasteiger partial charge in [-0.1, -0.05) is 6.07 Å². The molecule has 2 fully saturated rings. The summed E-state index contributed by atoms with van der Waals surface area (Å²) in [6.07, 6.45) is 8.92. The van der Waals surface area contributed by atoms with E-state index in [0.29, 0.717) is 22.2 Å². The van der Waals surface area contributed by atoms with E-state index in [9.17, 15) is 4.79 Å². The molecule has 3 aromatic rings. The number of thiophene rings is 1. The molecule has 0 aliphatic carbocycles. The standard InChI is InChI=1S/C27H32N6O3S/c1-35-22-17-20(10-11-21(22)36-26(34)23-9-8-16-37-23)19-28-31-24-18-25(32-12-4-2-5-13-32)30-27(29-24)33-14-6-3-7-15-33/h8-11,16-19H,2-7,12-15H2,1H3,(H,29,30,31)/b28-19-. The van der Waals surface area contributed by atoms with Crippen molar-refractivity contribution in [1.29, 1.82) is 0 Å². The van der Waals surface area contributed by atoms with Crippen molar-refractivity contribution in [3.05, 3.63) is 52.2 Å². The molecule has 10 heteroatoms. The van der Waals surface area contributed by atoms with Crippen molar-refractivity contribution in [3.8, 4) is 11.5 Å². The molecule has 2 saturated heterocycles. The molecule has 2 aliphatic rings. The summed E-state index contributed by atoms with van der Waals surface area (Å²) in [5, 5.41) is 6.26. The number of nitrogens with one attached hydrogen (secondary N) is 1. The molecule has 0 saturated carbocycles. The summed E-state index contributed by atoms with van der Waals surface area (Å²) < 4.78 is 11.0. The zero-order chi connectivity index (χ0) is 25.5. The fourth-order valence-corrected chi connectivity index (χ4v) is 5.17. The number of hydrazone groups is 1. The van der Waals surface area contributed by atoms with Crippen molar-refractivity contribution in [2.75, 3.05) is 48.5 Å².